The first kappa shape index (κ1) is 19.9. The fourth-order valence-electron chi connectivity index (χ4n) is 2.49. The minimum atomic E-state index is -0.0375. The molecule has 5 nitrogen and oxygen atoms in total. The van der Waals surface area contributed by atoms with Crippen LogP contribution in [0.5, 0.6) is 5.75 Å². The summed E-state index contributed by atoms with van der Waals surface area (Å²) in [6, 6.07) is 7.86. The summed E-state index contributed by atoms with van der Waals surface area (Å²) in [6.45, 7) is 5.67. The molecule has 3 atom stereocenters. The van der Waals surface area contributed by atoms with E-state index in [0.717, 1.165) is 17.7 Å². The predicted molar refractivity (Wildman–Crippen MR) is 89.4 cm³/mol. The van der Waals surface area contributed by atoms with E-state index >= 15 is 0 Å². The van der Waals surface area contributed by atoms with Crippen LogP contribution < -0.4 is 4.74 Å². The highest BCUT2D eigenvalue weighted by Crippen LogP contribution is 2.20. The van der Waals surface area contributed by atoms with Crippen LogP contribution in [0.25, 0.3) is 0 Å². The molecule has 0 radical (unpaired) electrons. The van der Waals surface area contributed by atoms with Crippen molar-refractivity contribution in [1.82, 2.24) is 0 Å². The van der Waals surface area contributed by atoms with Crippen LogP contribution in [-0.2, 0) is 20.8 Å². The van der Waals surface area contributed by atoms with Gasteiger partial charge in [-0.05, 0) is 30.0 Å². The highest BCUT2D eigenvalue weighted by molar-refractivity contribution is 5.26. The maximum Gasteiger partial charge on any atom is 0.146 e. The van der Waals surface area contributed by atoms with Gasteiger partial charge in [0.25, 0.3) is 0 Å². The molecule has 5 heteroatoms. The third-order valence-corrected chi connectivity index (χ3v) is 3.93. The number of benzene rings is 1. The molecule has 1 aromatic rings. The van der Waals surface area contributed by atoms with Gasteiger partial charge in [-0.15, -0.1) is 0 Å². The van der Waals surface area contributed by atoms with E-state index in [9.17, 15) is 5.11 Å². The second-order valence-corrected chi connectivity index (χ2v) is 5.86. The van der Waals surface area contributed by atoms with Gasteiger partial charge >= 0.3 is 0 Å². The SMILES string of the molecule is COCO[C@H]([C@H](C)CCOCc1ccc(OC)cc1)[C@@H](C)CO. The summed E-state index contributed by atoms with van der Waals surface area (Å²) in [7, 11) is 3.26. The zero-order chi connectivity index (χ0) is 17.1. The van der Waals surface area contributed by atoms with E-state index in [4.69, 9.17) is 18.9 Å². The number of aliphatic hydroxyl groups is 1. The quantitative estimate of drug-likeness (QED) is 0.473. The first-order chi connectivity index (χ1) is 11.1. The van der Waals surface area contributed by atoms with Gasteiger partial charge in [-0.3, -0.25) is 0 Å². The Kier molecular flexibility index (Phi) is 9.87. The summed E-state index contributed by atoms with van der Waals surface area (Å²) in [5, 5.41) is 9.35. The Morgan fingerprint density at radius 1 is 1.04 bits per heavy atom. The molecule has 0 aliphatic rings. The van der Waals surface area contributed by atoms with Crippen molar-refractivity contribution in [2.75, 3.05) is 34.2 Å². The van der Waals surface area contributed by atoms with Crippen molar-refractivity contribution in [2.45, 2.75) is 33.0 Å². The Hall–Kier alpha value is -1.14. The van der Waals surface area contributed by atoms with Crippen LogP contribution in [0.15, 0.2) is 24.3 Å². The van der Waals surface area contributed by atoms with E-state index < -0.39 is 0 Å². The van der Waals surface area contributed by atoms with Gasteiger partial charge in [0.2, 0.25) is 0 Å². The average molecular weight is 326 g/mol. The van der Waals surface area contributed by atoms with Gasteiger partial charge in [0.05, 0.1) is 19.8 Å². The molecule has 1 aromatic carbocycles. The van der Waals surface area contributed by atoms with Crippen molar-refractivity contribution in [3.8, 4) is 5.75 Å². The third kappa shape index (κ3) is 7.31. The van der Waals surface area contributed by atoms with Crippen LogP contribution >= 0.6 is 0 Å². The molecular weight excluding hydrogens is 296 g/mol. The molecule has 132 valence electrons. The largest absolute Gasteiger partial charge is 0.497 e. The van der Waals surface area contributed by atoms with Gasteiger partial charge in [-0.25, -0.2) is 0 Å². The monoisotopic (exact) mass is 326 g/mol. The standard InChI is InChI=1S/C18H30O5/c1-14(18(15(2)11-19)23-13-20-3)9-10-22-12-16-5-7-17(21-4)8-6-16/h5-8,14-15,18-19H,9-13H2,1-4H3/t14-,15+,18-/m1/s1. The number of hydrogen-bond acceptors (Lipinski definition) is 5. The second-order valence-electron chi connectivity index (χ2n) is 5.86. The third-order valence-electron chi connectivity index (χ3n) is 3.93. The fraction of sp³-hybridized carbons (Fsp3) is 0.667. The summed E-state index contributed by atoms with van der Waals surface area (Å²) >= 11 is 0. The molecule has 0 aromatic heterocycles. The molecule has 0 aliphatic carbocycles. The van der Waals surface area contributed by atoms with Crippen LogP contribution in [0.2, 0.25) is 0 Å². The zero-order valence-electron chi connectivity index (χ0n) is 14.7. The normalized spacial score (nSPS) is 15.2. The van der Waals surface area contributed by atoms with Crippen molar-refractivity contribution in [3.63, 3.8) is 0 Å². The summed E-state index contributed by atoms with van der Waals surface area (Å²) in [6.07, 6.45) is 0.832. The summed E-state index contributed by atoms with van der Waals surface area (Å²) in [4.78, 5) is 0. The predicted octanol–water partition coefficient (Wildman–Crippen LogP) is 2.86. The molecule has 0 amide bonds. The molecule has 0 spiro atoms. The van der Waals surface area contributed by atoms with Gasteiger partial charge in [-0.2, -0.15) is 0 Å². The van der Waals surface area contributed by atoms with Gasteiger partial charge < -0.3 is 24.1 Å². The van der Waals surface area contributed by atoms with Crippen LogP contribution in [0.4, 0.5) is 0 Å². The maximum absolute atomic E-state index is 9.35. The molecule has 0 bridgehead atoms. The maximum atomic E-state index is 9.35. The molecule has 0 unspecified atom stereocenters. The number of hydrogen-bond donors (Lipinski definition) is 1. The van der Waals surface area contributed by atoms with Crippen LogP contribution in [0.3, 0.4) is 0 Å². The van der Waals surface area contributed by atoms with E-state index in [0.29, 0.717) is 13.2 Å². The van der Waals surface area contributed by atoms with Crippen molar-refractivity contribution in [2.24, 2.45) is 11.8 Å². The molecule has 0 saturated carbocycles. The Morgan fingerprint density at radius 3 is 2.30 bits per heavy atom. The molecule has 0 aliphatic heterocycles. The fourth-order valence-corrected chi connectivity index (χ4v) is 2.49. The van der Waals surface area contributed by atoms with Crippen LogP contribution in [0, 0.1) is 11.8 Å². The number of ether oxygens (including phenoxy) is 4. The van der Waals surface area contributed by atoms with E-state index in [2.05, 4.69) is 6.92 Å². The average Bonchev–Trinajstić information content (AvgIpc) is 2.59. The number of rotatable bonds is 12. The molecule has 0 fully saturated rings. The highest BCUT2D eigenvalue weighted by atomic mass is 16.7. The summed E-state index contributed by atoms with van der Waals surface area (Å²) in [5.41, 5.74) is 1.12. The van der Waals surface area contributed by atoms with E-state index in [-0.39, 0.29) is 31.3 Å². The van der Waals surface area contributed by atoms with E-state index in [1.807, 2.05) is 31.2 Å². The van der Waals surface area contributed by atoms with Gasteiger partial charge in [0.15, 0.2) is 0 Å². The van der Waals surface area contributed by atoms with Gasteiger partial charge in [0, 0.05) is 26.2 Å². The Balaban J connectivity index is 2.33. The van der Waals surface area contributed by atoms with E-state index in [1.54, 1.807) is 14.2 Å². The topological polar surface area (TPSA) is 57.2 Å². The van der Waals surface area contributed by atoms with Gasteiger partial charge in [0.1, 0.15) is 12.5 Å². The van der Waals surface area contributed by atoms with Crippen LogP contribution in [0.1, 0.15) is 25.8 Å². The minimum Gasteiger partial charge on any atom is -0.497 e. The Bertz CT molecular complexity index is 406. The Morgan fingerprint density at radius 2 is 1.74 bits per heavy atom. The first-order valence-corrected chi connectivity index (χ1v) is 8.04. The minimum absolute atomic E-state index is 0.0375. The number of methoxy groups -OCH3 is 2. The van der Waals surface area contributed by atoms with Crippen molar-refractivity contribution in [1.29, 1.82) is 0 Å². The van der Waals surface area contributed by atoms with E-state index in [1.165, 1.54) is 0 Å². The van der Waals surface area contributed by atoms with Crippen molar-refractivity contribution >= 4 is 0 Å². The second kappa shape index (κ2) is 11.4. The molecule has 23 heavy (non-hydrogen) atoms. The lowest BCUT2D eigenvalue weighted by Crippen LogP contribution is -2.32. The van der Waals surface area contributed by atoms with Crippen molar-refractivity contribution < 1.29 is 24.1 Å². The molecular formula is C18H30O5. The lowest BCUT2D eigenvalue weighted by molar-refractivity contribution is -0.116. The van der Waals surface area contributed by atoms with Gasteiger partial charge in [-0.1, -0.05) is 26.0 Å². The van der Waals surface area contributed by atoms with Crippen molar-refractivity contribution in [3.05, 3.63) is 29.8 Å². The first-order valence-electron chi connectivity index (χ1n) is 8.04. The number of aliphatic hydroxyl groups excluding tert-OH is 1. The highest BCUT2D eigenvalue weighted by Gasteiger charge is 2.24. The zero-order valence-corrected chi connectivity index (χ0v) is 14.7. The smallest absolute Gasteiger partial charge is 0.146 e. The molecule has 0 heterocycles. The summed E-state index contributed by atoms with van der Waals surface area (Å²) < 4.78 is 21.5. The lowest BCUT2D eigenvalue weighted by Gasteiger charge is -2.28. The summed E-state index contributed by atoms with van der Waals surface area (Å²) in [5.74, 6) is 1.20. The molecule has 1 rings (SSSR count). The molecule has 1 N–H and O–H groups in total. The lowest BCUT2D eigenvalue weighted by atomic mass is 9.91. The molecule has 0 saturated heterocycles. The Labute approximate surface area is 139 Å². The van der Waals surface area contributed by atoms with Crippen LogP contribution in [-0.4, -0.2) is 45.4 Å².